The summed E-state index contributed by atoms with van der Waals surface area (Å²) in [4.78, 5) is 11.4. The Labute approximate surface area is 104 Å². The summed E-state index contributed by atoms with van der Waals surface area (Å²) in [6.07, 6.45) is 0. The molecule has 0 amide bonds. The quantitative estimate of drug-likeness (QED) is 0.821. The van der Waals surface area contributed by atoms with Gasteiger partial charge in [-0.3, -0.25) is 0 Å². The molecule has 1 aliphatic rings. The van der Waals surface area contributed by atoms with Crippen LogP contribution in [-0.2, 0) is 15.1 Å². The van der Waals surface area contributed by atoms with E-state index in [1.165, 1.54) is 0 Å². The minimum Gasteiger partial charge on any atom is -0.480 e. The highest BCUT2D eigenvalue weighted by Crippen LogP contribution is 2.28. The molecule has 5 heteroatoms. The Morgan fingerprint density at radius 1 is 1.47 bits per heavy atom. The lowest BCUT2D eigenvalue weighted by Crippen LogP contribution is -2.48. The van der Waals surface area contributed by atoms with Crippen LogP contribution < -0.4 is 5.73 Å². The summed E-state index contributed by atoms with van der Waals surface area (Å²) in [5.41, 5.74) is 5.35. The molecule has 0 radical (unpaired) electrons. The van der Waals surface area contributed by atoms with Crippen LogP contribution in [0.15, 0.2) is 30.3 Å². The van der Waals surface area contributed by atoms with Crippen molar-refractivity contribution in [1.82, 2.24) is 0 Å². The number of aliphatic carboxylic acids is 1. The highest BCUT2D eigenvalue weighted by molar-refractivity contribution is 8.00. The molecule has 1 saturated heterocycles. The molecule has 4 nitrogen and oxygen atoms in total. The molecule has 0 spiro atoms. The first-order chi connectivity index (χ1) is 8.13. The number of carbonyl (C=O) groups is 1. The molecule has 1 aliphatic heterocycles. The zero-order valence-electron chi connectivity index (χ0n) is 9.33. The van der Waals surface area contributed by atoms with Crippen molar-refractivity contribution in [2.24, 2.45) is 5.73 Å². The lowest BCUT2D eigenvalue weighted by Gasteiger charge is -2.30. The number of rotatable bonds is 5. The van der Waals surface area contributed by atoms with E-state index < -0.39 is 11.5 Å². The van der Waals surface area contributed by atoms with Crippen molar-refractivity contribution in [2.45, 2.75) is 10.8 Å². The topological polar surface area (TPSA) is 72.5 Å². The van der Waals surface area contributed by atoms with E-state index in [0.29, 0.717) is 29.8 Å². The van der Waals surface area contributed by atoms with Gasteiger partial charge in [-0.25, -0.2) is 4.79 Å². The summed E-state index contributed by atoms with van der Waals surface area (Å²) in [5, 5.41) is 9.70. The minimum absolute atomic E-state index is 0.361. The Morgan fingerprint density at radius 2 is 2.12 bits per heavy atom. The Bertz CT molecular complexity index is 394. The smallest absolute Gasteiger partial charge is 0.329 e. The lowest BCUT2D eigenvalue weighted by molar-refractivity contribution is -0.142. The predicted molar refractivity (Wildman–Crippen MR) is 67.0 cm³/mol. The average molecular weight is 253 g/mol. The third kappa shape index (κ3) is 2.62. The minimum atomic E-state index is -1.32. The van der Waals surface area contributed by atoms with Crippen molar-refractivity contribution in [2.75, 3.05) is 19.0 Å². The van der Waals surface area contributed by atoms with Crippen molar-refractivity contribution in [3.63, 3.8) is 0 Å². The number of hydrogen-bond donors (Lipinski definition) is 2. The van der Waals surface area contributed by atoms with Crippen molar-refractivity contribution in [1.29, 1.82) is 0 Å². The van der Waals surface area contributed by atoms with Crippen LogP contribution in [0.5, 0.6) is 0 Å². The van der Waals surface area contributed by atoms with E-state index in [2.05, 4.69) is 0 Å². The van der Waals surface area contributed by atoms with Gasteiger partial charge in [0, 0.05) is 5.75 Å². The van der Waals surface area contributed by atoms with Gasteiger partial charge in [0.2, 0.25) is 0 Å². The molecule has 0 aromatic heterocycles. The third-order valence-corrected chi connectivity index (χ3v) is 4.19. The first kappa shape index (κ1) is 12.4. The summed E-state index contributed by atoms with van der Waals surface area (Å²) in [6, 6.07) is 8.96. The molecule has 3 N–H and O–H groups in total. The molecule has 0 bridgehead atoms. The monoisotopic (exact) mass is 253 g/mol. The molecule has 17 heavy (non-hydrogen) atoms. The van der Waals surface area contributed by atoms with Gasteiger partial charge < -0.3 is 15.6 Å². The van der Waals surface area contributed by atoms with Crippen molar-refractivity contribution >= 4 is 17.7 Å². The highest BCUT2D eigenvalue weighted by atomic mass is 32.2. The van der Waals surface area contributed by atoms with Crippen LogP contribution in [0.1, 0.15) is 5.56 Å². The van der Waals surface area contributed by atoms with Crippen molar-refractivity contribution < 1.29 is 14.6 Å². The van der Waals surface area contributed by atoms with Crippen molar-refractivity contribution in [3.05, 3.63) is 35.9 Å². The molecule has 92 valence electrons. The number of carboxylic acids is 1. The lowest BCUT2D eigenvalue weighted by atomic mass is 9.93. The molecule has 0 aliphatic carbocycles. The first-order valence-corrected chi connectivity index (χ1v) is 6.45. The maximum Gasteiger partial charge on any atom is 0.329 e. The van der Waals surface area contributed by atoms with E-state index in [0.717, 1.165) is 0 Å². The predicted octanol–water partition coefficient (Wildman–Crippen LogP) is 1.06. The van der Waals surface area contributed by atoms with E-state index >= 15 is 0 Å². The Hall–Kier alpha value is -1.04. The molecule has 1 aromatic carbocycles. The first-order valence-electron chi connectivity index (χ1n) is 5.40. The van der Waals surface area contributed by atoms with E-state index in [1.807, 2.05) is 6.07 Å². The van der Waals surface area contributed by atoms with Crippen LogP contribution in [-0.4, -0.2) is 35.3 Å². The van der Waals surface area contributed by atoms with Crippen LogP contribution in [0.2, 0.25) is 0 Å². The maximum atomic E-state index is 11.4. The Balaban J connectivity index is 2.11. The van der Waals surface area contributed by atoms with Crippen LogP contribution in [0.25, 0.3) is 0 Å². The third-order valence-electron chi connectivity index (χ3n) is 2.82. The highest BCUT2D eigenvalue weighted by Gasteiger charge is 2.37. The second-order valence-electron chi connectivity index (χ2n) is 4.11. The largest absolute Gasteiger partial charge is 0.480 e. The molecule has 1 aromatic rings. The summed E-state index contributed by atoms with van der Waals surface area (Å²) in [7, 11) is 0. The fourth-order valence-corrected chi connectivity index (χ4v) is 2.74. The van der Waals surface area contributed by atoms with Crippen LogP contribution in [0.4, 0.5) is 0 Å². The van der Waals surface area contributed by atoms with E-state index in [4.69, 9.17) is 10.5 Å². The van der Waals surface area contributed by atoms with E-state index in [9.17, 15) is 9.90 Å². The summed E-state index contributed by atoms with van der Waals surface area (Å²) in [5.74, 6) is -0.628. The van der Waals surface area contributed by atoms with Crippen LogP contribution >= 0.6 is 11.8 Å². The molecule has 1 atom stereocenters. The fraction of sp³-hybridized carbons (Fsp3) is 0.417. The molecule has 2 rings (SSSR count). The fourth-order valence-electron chi connectivity index (χ4n) is 1.56. The van der Waals surface area contributed by atoms with Gasteiger partial charge in [-0.1, -0.05) is 30.3 Å². The van der Waals surface area contributed by atoms with Gasteiger partial charge in [-0.15, -0.1) is 0 Å². The van der Waals surface area contributed by atoms with E-state index in [-0.39, 0.29) is 0 Å². The second kappa shape index (κ2) is 5.08. The van der Waals surface area contributed by atoms with Gasteiger partial charge in [-0.05, 0) is 5.56 Å². The summed E-state index contributed by atoms with van der Waals surface area (Å²) in [6.45, 7) is 1.38. The van der Waals surface area contributed by atoms with Gasteiger partial charge in [0.1, 0.15) is 5.54 Å². The molecule has 1 fully saturated rings. The zero-order valence-corrected chi connectivity index (χ0v) is 10.2. The van der Waals surface area contributed by atoms with Crippen LogP contribution in [0, 0.1) is 0 Å². The van der Waals surface area contributed by atoms with Crippen molar-refractivity contribution in [3.8, 4) is 0 Å². The number of benzene rings is 1. The average Bonchev–Trinajstić information content (AvgIpc) is 2.27. The molecule has 1 heterocycles. The van der Waals surface area contributed by atoms with Gasteiger partial charge in [0.15, 0.2) is 0 Å². The molecular weight excluding hydrogens is 238 g/mol. The standard InChI is InChI=1S/C12H15NO3S/c13-12(11(14)15,8-17-10-6-16-7-10)9-4-2-1-3-5-9/h1-5,10H,6-8,13H2,(H,14,15). The number of nitrogens with two attached hydrogens (primary N) is 1. The van der Waals surface area contributed by atoms with E-state index in [1.54, 1.807) is 36.0 Å². The molecule has 0 saturated carbocycles. The second-order valence-corrected chi connectivity index (χ2v) is 5.40. The maximum absolute atomic E-state index is 11.4. The van der Waals surface area contributed by atoms with Gasteiger partial charge in [-0.2, -0.15) is 11.8 Å². The number of ether oxygens (including phenoxy) is 1. The van der Waals surface area contributed by atoms with Gasteiger partial charge >= 0.3 is 5.97 Å². The zero-order chi connectivity index (χ0) is 12.3. The molecule has 1 unspecified atom stereocenters. The number of carboxylic acid groups (broad SMARTS) is 1. The summed E-state index contributed by atoms with van der Waals surface area (Å²) < 4.78 is 5.06. The Morgan fingerprint density at radius 3 is 2.59 bits per heavy atom. The van der Waals surface area contributed by atoms with Gasteiger partial charge in [0.25, 0.3) is 0 Å². The normalized spacial score (nSPS) is 19.4. The Kier molecular flexibility index (Phi) is 3.71. The number of hydrogen-bond acceptors (Lipinski definition) is 4. The SMILES string of the molecule is NC(CSC1COC1)(C(=O)O)c1ccccc1. The molecular formula is C12H15NO3S. The van der Waals surface area contributed by atoms with Crippen LogP contribution in [0.3, 0.4) is 0 Å². The summed E-state index contributed by atoms with van der Waals surface area (Å²) >= 11 is 1.56. The van der Waals surface area contributed by atoms with Gasteiger partial charge in [0.05, 0.1) is 18.5 Å². The number of thioether (sulfide) groups is 1.